The molecule has 2 aliphatic rings. The van der Waals surface area contributed by atoms with E-state index in [0.29, 0.717) is 5.82 Å². The highest BCUT2D eigenvalue weighted by Gasteiger charge is 2.51. The third-order valence-electron chi connectivity index (χ3n) is 13.9. The maximum Gasteiger partial charge on any atom is 0.160 e. The second-order valence-corrected chi connectivity index (χ2v) is 17.6. The topological polar surface area (TPSA) is 25.8 Å². The molecule has 1 aromatic heterocycles. The SMILES string of the molecule is c1ccc(-c2ccc(-c3cc4c(cc3-c3cccc(-c5cccc(-c6cc(-c7ccccc7)nc(-c7ccccc7)n6)c5)c3)C3(c5ccccc5-c5ccccc53)c3ccccc3-4)cc2)cc1. The summed E-state index contributed by atoms with van der Waals surface area (Å²) in [7, 11) is 0. The molecule has 13 rings (SSSR count). The molecule has 1 spiro atoms. The van der Waals surface area contributed by atoms with Gasteiger partial charge in [-0.1, -0.05) is 224 Å². The molecule has 67 heavy (non-hydrogen) atoms. The molecule has 2 nitrogen and oxygen atoms in total. The van der Waals surface area contributed by atoms with Crippen LogP contribution in [0.15, 0.2) is 255 Å². The lowest BCUT2D eigenvalue weighted by Crippen LogP contribution is -2.25. The molecule has 0 amide bonds. The van der Waals surface area contributed by atoms with Crippen LogP contribution in [0, 0.1) is 0 Å². The summed E-state index contributed by atoms with van der Waals surface area (Å²) in [6.07, 6.45) is 0. The molecule has 0 radical (unpaired) electrons. The number of benzene rings is 10. The molecule has 10 aromatic carbocycles. The number of fused-ring (bicyclic) bond motifs is 10. The lowest BCUT2D eigenvalue weighted by atomic mass is 9.70. The van der Waals surface area contributed by atoms with Crippen molar-refractivity contribution in [2.75, 3.05) is 0 Å². The fourth-order valence-corrected chi connectivity index (χ4v) is 10.9. The van der Waals surface area contributed by atoms with E-state index in [0.717, 1.165) is 39.2 Å². The predicted molar refractivity (Wildman–Crippen MR) is 276 cm³/mol. The maximum absolute atomic E-state index is 5.18. The summed E-state index contributed by atoms with van der Waals surface area (Å²) in [6.45, 7) is 0. The van der Waals surface area contributed by atoms with E-state index < -0.39 is 5.41 Å². The normalized spacial score (nSPS) is 12.6. The van der Waals surface area contributed by atoms with Crippen LogP contribution in [-0.2, 0) is 5.41 Å². The molecule has 0 fully saturated rings. The van der Waals surface area contributed by atoms with Gasteiger partial charge in [-0.25, -0.2) is 9.97 Å². The van der Waals surface area contributed by atoms with Gasteiger partial charge in [0.1, 0.15) is 0 Å². The van der Waals surface area contributed by atoms with Gasteiger partial charge in [0, 0.05) is 16.7 Å². The van der Waals surface area contributed by atoms with E-state index in [1.807, 2.05) is 24.3 Å². The van der Waals surface area contributed by atoms with E-state index in [-0.39, 0.29) is 0 Å². The van der Waals surface area contributed by atoms with E-state index in [9.17, 15) is 0 Å². The fraction of sp³-hybridized carbons (Fsp3) is 0.0154. The fourth-order valence-electron chi connectivity index (χ4n) is 10.9. The van der Waals surface area contributed by atoms with Crippen molar-refractivity contribution < 1.29 is 0 Å². The molecule has 11 aromatic rings. The van der Waals surface area contributed by atoms with Crippen LogP contribution in [0.25, 0.3) is 101 Å². The van der Waals surface area contributed by atoms with Gasteiger partial charge >= 0.3 is 0 Å². The van der Waals surface area contributed by atoms with E-state index in [1.54, 1.807) is 0 Å². The molecule has 0 N–H and O–H groups in total. The van der Waals surface area contributed by atoms with Gasteiger partial charge in [-0.05, 0) is 119 Å². The van der Waals surface area contributed by atoms with Crippen LogP contribution in [0.3, 0.4) is 0 Å². The number of nitrogens with zero attached hydrogens (tertiary/aromatic N) is 2. The molecule has 0 bridgehead atoms. The third-order valence-corrected chi connectivity index (χ3v) is 13.9. The highest BCUT2D eigenvalue weighted by atomic mass is 14.9. The molecule has 0 saturated carbocycles. The second-order valence-electron chi connectivity index (χ2n) is 17.6. The monoisotopic (exact) mass is 850 g/mol. The number of hydrogen-bond donors (Lipinski definition) is 0. The van der Waals surface area contributed by atoms with Crippen molar-refractivity contribution in [1.29, 1.82) is 0 Å². The van der Waals surface area contributed by atoms with Crippen LogP contribution in [0.2, 0.25) is 0 Å². The van der Waals surface area contributed by atoms with Crippen LogP contribution >= 0.6 is 0 Å². The van der Waals surface area contributed by atoms with Gasteiger partial charge < -0.3 is 0 Å². The summed E-state index contributed by atoms with van der Waals surface area (Å²) in [5.41, 5.74) is 24.4. The highest BCUT2D eigenvalue weighted by Crippen LogP contribution is 2.63. The first kappa shape index (κ1) is 38.7. The summed E-state index contributed by atoms with van der Waals surface area (Å²) in [6, 6.07) is 92.6. The minimum absolute atomic E-state index is 0.454. The van der Waals surface area contributed by atoms with Crippen molar-refractivity contribution in [3.05, 3.63) is 277 Å². The molecular formula is C65H42N2. The molecule has 0 saturated heterocycles. The van der Waals surface area contributed by atoms with Crippen molar-refractivity contribution in [3.63, 3.8) is 0 Å². The Morgan fingerprint density at radius 1 is 0.209 bits per heavy atom. The number of hydrogen-bond acceptors (Lipinski definition) is 2. The van der Waals surface area contributed by atoms with E-state index in [4.69, 9.17) is 9.97 Å². The summed E-state index contributed by atoms with van der Waals surface area (Å²) in [5, 5.41) is 0. The average molecular weight is 851 g/mol. The van der Waals surface area contributed by atoms with Crippen LogP contribution in [0.5, 0.6) is 0 Å². The van der Waals surface area contributed by atoms with E-state index in [2.05, 4.69) is 231 Å². The Morgan fingerprint density at radius 3 is 1.21 bits per heavy atom. The van der Waals surface area contributed by atoms with Crippen LogP contribution in [-0.4, -0.2) is 9.97 Å². The zero-order valence-corrected chi connectivity index (χ0v) is 36.6. The average Bonchev–Trinajstić information content (AvgIpc) is 3.88. The summed E-state index contributed by atoms with van der Waals surface area (Å²) in [5.74, 6) is 0.706. The molecule has 2 heteroatoms. The van der Waals surface area contributed by atoms with Gasteiger partial charge in [-0.2, -0.15) is 0 Å². The minimum Gasteiger partial charge on any atom is -0.228 e. The number of rotatable bonds is 7. The lowest BCUT2D eigenvalue weighted by molar-refractivity contribution is 0.794. The molecule has 2 aliphatic carbocycles. The largest absolute Gasteiger partial charge is 0.228 e. The van der Waals surface area contributed by atoms with Gasteiger partial charge in [-0.15, -0.1) is 0 Å². The number of aromatic nitrogens is 2. The van der Waals surface area contributed by atoms with Crippen molar-refractivity contribution in [1.82, 2.24) is 9.97 Å². The van der Waals surface area contributed by atoms with E-state index in [1.165, 1.54) is 77.9 Å². The Bertz CT molecular complexity index is 3560. The van der Waals surface area contributed by atoms with Crippen LogP contribution in [0.1, 0.15) is 22.3 Å². The third kappa shape index (κ3) is 6.33. The molecular weight excluding hydrogens is 809 g/mol. The maximum atomic E-state index is 5.18. The van der Waals surface area contributed by atoms with Crippen molar-refractivity contribution in [2.24, 2.45) is 0 Å². The molecule has 0 aliphatic heterocycles. The molecule has 0 atom stereocenters. The first-order chi connectivity index (χ1) is 33.2. The van der Waals surface area contributed by atoms with Gasteiger partial charge in [0.25, 0.3) is 0 Å². The minimum atomic E-state index is -0.454. The first-order valence-electron chi connectivity index (χ1n) is 23.1. The van der Waals surface area contributed by atoms with Crippen LogP contribution < -0.4 is 0 Å². The molecule has 1 heterocycles. The highest BCUT2D eigenvalue weighted by molar-refractivity contribution is 5.99. The molecule has 0 unspecified atom stereocenters. The Hall–Kier alpha value is -8.72. The first-order valence-corrected chi connectivity index (χ1v) is 23.1. The zero-order valence-electron chi connectivity index (χ0n) is 36.6. The predicted octanol–water partition coefficient (Wildman–Crippen LogP) is 16.5. The second kappa shape index (κ2) is 15.8. The van der Waals surface area contributed by atoms with Crippen molar-refractivity contribution in [3.8, 4) is 101 Å². The van der Waals surface area contributed by atoms with Crippen molar-refractivity contribution in [2.45, 2.75) is 5.41 Å². The summed E-state index contributed by atoms with van der Waals surface area (Å²) >= 11 is 0. The van der Waals surface area contributed by atoms with Gasteiger partial charge in [-0.3, -0.25) is 0 Å². The standard InChI is InChI=1S/C65H42N2/c1-4-18-43(19-5-1)44-34-36-45(37-35-44)55-40-57-54-30-12-15-33-60(54)65(58-31-13-10-28-52(58)53-29-11-14-32-59(53)65)61(57)41-56(55)50-26-16-24-48(38-50)49-25-17-27-51(39-49)63-42-62(46-20-6-2-7-21-46)66-64(67-63)47-22-8-3-9-23-47/h1-42H. The zero-order chi connectivity index (χ0) is 44.3. The quantitative estimate of drug-likeness (QED) is 0.160. The Kier molecular flexibility index (Phi) is 9.11. The Morgan fingerprint density at radius 2 is 0.612 bits per heavy atom. The van der Waals surface area contributed by atoms with Gasteiger partial charge in [0.05, 0.1) is 16.8 Å². The van der Waals surface area contributed by atoms with E-state index >= 15 is 0 Å². The lowest BCUT2D eigenvalue weighted by Gasteiger charge is -2.31. The summed E-state index contributed by atoms with van der Waals surface area (Å²) < 4.78 is 0. The van der Waals surface area contributed by atoms with Gasteiger partial charge in [0.2, 0.25) is 0 Å². The smallest absolute Gasteiger partial charge is 0.160 e. The van der Waals surface area contributed by atoms with Crippen LogP contribution in [0.4, 0.5) is 0 Å². The van der Waals surface area contributed by atoms with Crippen molar-refractivity contribution >= 4 is 0 Å². The summed E-state index contributed by atoms with van der Waals surface area (Å²) in [4.78, 5) is 10.2. The van der Waals surface area contributed by atoms with Gasteiger partial charge in [0.15, 0.2) is 5.82 Å². The Labute approximate surface area is 391 Å². The Balaban J connectivity index is 0.994. The molecule has 312 valence electrons.